The molecule has 42 heteroatoms. The number of carbonyl (C=O) groups is 13. The number of carboxylic acids is 2. The predicted octanol–water partition coefficient (Wildman–Crippen LogP) is 1.72. The number of primary amides is 2. The van der Waals surface area contributed by atoms with Crippen LogP contribution in [0.15, 0.2) is 44.0 Å². The van der Waals surface area contributed by atoms with Gasteiger partial charge in [0.2, 0.25) is 23.6 Å². The number of alkyl halides is 1. The predicted molar refractivity (Wildman–Crippen MR) is 376 cm³/mol. The van der Waals surface area contributed by atoms with Crippen LogP contribution in [0.5, 0.6) is 0 Å². The number of aryl methyl sites for hydroxylation is 1. The fourth-order valence-electron chi connectivity index (χ4n) is 8.43. The second kappa shape index (κ2) is 38.7. The Hall–Kier alpha value is -9.91. The summed E-state index contributed by atoms with van der Waals surface area (Å²) in [5.41, 5.74) is 7.16. The third-order valence-electron chi connectivity index (χ3n) is 15.3. The maximum absolute atomic E-state index is 13.0. The average molecular weight is 1580 g/mol. The molecule has 0 radical (unpaired) electrons. The van der Waals surface area contributed by atoms with Gasteiger partial charge in [0.1, 0.15) is 34.6 Å². The molecule has 7 rings (SSSR count). The van der Waals surface area contributed by atoms with E-state index in [2.05, 4.69) is 76.5 Å². The van der Waals surface area contributed by atoms with E-state index in [0.717, 1.165) is 27.4 Å². The first-order valence-corrected chi connectivity index (χ1v) is 36.0. The first kappa shape index (κ1) is 93.1. The number of aromatic amines is 2. The van der Waals surface area contributed by atoms with Crippen LogP contribution in [-0.2, 0) is 105 Å². The van der Waals surface area contributed by atoms with E-state index in [-0.39, 0.29) is 61.7 Å². The minimum atomic E-state index is -2.14. The van der Waals surface area contributed by atoms with Crippen LogP contribution >= 0.6 is 15.9 Å². The molecule has 3 aliphatic rings. The molecule has 0 bridgehead atoms. The number of likely N-dealkylation sites (tertiary alicyclic amines) is 3. The Bertz CT molecular complexity index is 4050. The van der Waals surface area contributed by atoms with Crippen molar-refractivity contribution in [3.8, 4) is 0 Å². The molecule has 3 fully saturated rings. The molecule has 0 aliphatic carbocycles. The van der Waals surface area contributed by atoms with Crippen LogP contribution in [0.1, 0.15) is 168 Å². The molecule has 7 heterocycles. The Balaban J connectivity index is 0.000000659. The molecule has 0 aromatic carbocycles. The van der Waals surface area contributed by atoms with E-state index < -0.39 is 149 Å². The third-order valence-corrected chi connectivity index (χ3v) is 20.6. The largest absolute Gasteiger partial charge is 0.479 e. The number of aliphatic carboxylic acids is 1. The minimum Gasteiger partial charge on any atom is -0.479 e. The molecular formula is C63H99BrN14O26Si. The molecule has 4 aromatic rings. The number of H-pyrrole nitrogens is 2. The zero-order valence-electron chi connectivity index (χ0n) is 62.4. The molecule has 0 spiro atoms. The average Bonchev–Trinajstić information content (AvgIpc) is 1.73. The van der Waals surface area contributed by atoms with Gasteiger partial charge in [-0.05, 0) is 106 Å². The quantitative estimate of drug-likeness (QED) is 0.0442. The van der Waals surface area contributed by atoms with E-state index >= 15 is 0 Å². The number of nitrogens with two attached hydrogens (primary N) is 2. The Labute approximate surface area is 611 Å². The van der Waals surface area contributed by atoms with Crippen LogP contribution < -0.4 is 39.5 Å². The lowest BCUT2D eigenvalue weighted by molar-refractivity contribution is -0.157. The Kier molecular flexibility index (Phi) is 34.3. The number of hydrogen-bond donors (Lipinski definition) is 10. The summed E-state index contributed by atoms with van der Waals surface area (Å²) in [7, 11) is 5.68. The number of rotatable bonds is 11. The lowest BCUT2D eigenvalue weighted by Crippen LogP contribution is -2.51. The Morgan fingerprint density at radius 1 is 0.581 bits per heavy atom. The highest BCUT2D eigenvalue weighted by molar-refractivity contribution is 9.10. The number of nitrogens with zero attached hydrogens (tertiary/aromatic N) is 9. The normalized spacial score (nSPS) is 16.8. The van der Waals surface area contributed by atoms with Gasteiger partial charge in [-0.15, -0.1) is 0 Å². The highest BCUT2D eigenvalue weighted by Gasteiger charge is 2.45. The van der Waals surface area contributed by atoms with Crippen LogP contribution in [0.2, 0.25) is 18.1 Å². The number of amides is 12. The Morgan fingerprint density at radius 2 is 0.943 bits per heavy atom. The van der Waals surface area contributed by atoms with Gasteiger partial charge in [0.25, 0.3) is 17.7 Å². The van der Waals surface area contributed by atoms with E-state index in [4.69, 9.17) is 39.1 Å². The third kappa shape index (κ3) is 27.3. The maximum Gasteiger partial charge on any atom is 0.424 e. The number of ether oxygens (including phenoxy) is 3. The number of nitrogens with one attached hydrogen (secondary N) is 3. The monoisotopic (exact) mass is 1570 g/mol. The van der Waals surface area contributed by atoms with Crippen molar-refractivity contribution < 1.29 is 106 Å². The van der Waals surface area contributed by atoms with E-state index in [1.54, 1.807) is 93.4 Å². The summed E-state index contributed by atoms with van der Waals surface area (Å²) in [5.74, 6) is -7.96. The highest BCUT2D eigenvalue weighted by Crippen LogP contribution is 2.37. The number of aliphatic hydroxyl groups excluding tert-OH is 3. The number of aliphatic hydroxyl groups is 3. The van der Waals surface area contributed by atoms with Gasteiger partial charge < -0.3 is 70.9 Å². The summed E-state index contributed by atoms with van der Waals surface area (Å²) < 4.78 is 29.2. The zero-order valence-corrected chi connectivity index (χ0v) is 65.0. The van der Waals surface area contributed by atoms with Crippen LogP contribution in [0.4, 0.5) is 19.2 Å². The lowest BCUT2D eigenvalue weighted by atomic mass is 10.0. The first-order valence-electron chi connectivity index (χ1n) is 32.1. The van der Waals surface area contributed by atoms with Crippen molar-refractivity contribution in [1.82, 2.24) is 57.4 Å². The molecule has 5 atom stereocenters. The van der Waals surface area contributed by atoms with Gasteiger partial charge in [-0.3, -0.25) is 61.0 Å². The van der Waals surface area contributed by atoms with Crippen molar-refractivity contribution >= 4 is 102 Å². The van der Waals surface area contributed by atoms with Crippen LogP contribution in [-0.4, -0.2) is 204 Å². The van der Waals surface area contributed by atoms with Gasteiger partial charge in [-0.25, -0.2) is 47.9 Å². The number of halogens is 1. The van der Waals surface area contributed by atoms with Gasteiger partial charge >= 0.3 is 59.0 Å². The molecule has 4 aromatic heterocycles. The van der Waals surface area contributed by atoms with Crippen LogP contribution in [0.3, 0.4) is 0 Å². The summed E-state index contributed by atoms with van der Waals surface area (Å²) in [6.45, 7) is 27.4. The Morgan fingerprint density at radius 3 is 1.21 bits per heavy atom. The number of imidazole rings is 4. The smallest absolute Gasteiger partial charge is 0.424 e. The number of aromatic nitrogens is 8. The molecule has 588 valence electrons. The van der Waals surface area contributed by atoms with Gasteiger partial charge in [0.05, 0.1) is 29.4 Å². The van der Waals surface area contributed by atoms with Crippen molar-refractivity contribution in [2.24, 2.45) is 39.7 Å². The zero-order chi connectivity index (χ0) is 81.8. The van der Waals surface area contributed by atoms with E-state index in [0.29, 0.717) is 32.5 Å². The van der Waals surface area contributed by atoms with Crippen molar-refractivity contribution in [2.75, 3.05) is 7.05 Å². The molecule has 3 saturated heterocycles. The summed E-state index contributed by atoms with van der Waals surface area (Å²) in [6, 6.07) is -2.44. The minimum absolute atomic E-state index is 0.0159. The fraction of sp³-hybridized carbons (Fsp3) is 0.603. The van der Waals surface area contributed by atoms with E-state index in [1.807, 2.05) is 6.92 Å². The summed E-state index contributed by atoms with van der Waals surface area (Å²) in [4.78, 5) is 201. The van der Waals surface area contributed by atoms with Gasteiger partial charge in [0, 0.05) is 85.0 Å². The number of urea groups is 1. The number of imide groups is 9. The number of carbonyl (C=O) groups excluding carboxylic acids is 11. The topological polar surface area (TPSA) is 563 Å². The molecule has 3 aliphatic heterocycles. The van der Waals surface area contributed by atoms with Crippen molar-refractivity contribution in [3.63, 3.8) is 0 Å². The molecule has 40 nitrogen and oxygen atoms in total. The second-order valence-electron chi connectivity index (χ2n) is 27.8. The van der Waals surface area contributed by atoms with Crippen LogP contribution in [0.25, 0.3) is 0 Å². The number of aromatic carboxylic acids is 1. The number of carboxylic acid groups (broad SMARTS) is 2. The molecule has 105 heavy (non-hydrogen) atoms. The summed E-state index contributed by atoms with van der Waals surface area (Å²) in [5, 5.41) is 44.7. The molecule has 0 saturated carbocycles. The molecular weight excluding hydrogens is 1480 g/mol. The van der Waals surface area contributed by atoms with Gasteiger partial charge in [0.15, 0.2) is 20.5 Å². The number of piperidine rings is 3. The van der Waals surface area contributed by atoms with Crippen LogP contribution in [0, 0.1) is 0 Å². The summed E-state index contributed by atoms with van der Waals surface area (Å²) in [6.07, 6.45) is 0.315. The SMILES string of the molecule is CC(C)(C)OC(=O)N1C(=O)CCC(Br)C1=O.CCc1c[nH]c(=O)n1C.CNC(N)=O.Cn1c(C(=O)O)c[nH]c1=O.Cn1c(CO)cn(C2CCC(=O)N(C(=O)OC(C)(C)C)C2=O)c1=O.Cn1c(CO[Si](C)(C)C(C)(C)C)cn(C2CCC(=O)N(C(=O)OC(C)(C)C)C2=O)c1=O.NC(=O)[C@@H](O)[C@H](O)C(=O)O. The lowest BCUT2D eigenvalue weighted by Gasteiger charge is -2.36. The maximum atomic E-state index is 13.0. The standard InChI is InChI=1S/C21H35N3O6Si.C15H21N3O6.C10H14BrNO4.C6H10N2O.C5H6N2O3.C4H7NO5.C2H6N2O/c1-20(2,3)30-19(28)24-16(25)11-10-15(17(24)26)23-12-14(22(7)18(23)27)13-29-31(8,9)21(4,5)6;1-15(2,3)24-14(23)18-11(20)6-5-10(12(18)21)17-7-9(8-19)16(4)13(17)22;1-10(2,3)16-9(15)12-7(13)5-4-6(11)8(12)14;1-3-5-4-7-6(9)8(5)2;1-7-3(4(8)9)2-6-5(7)10;5-3(8)1(6)2(7)4(9)10;1-4-2(3)5/h12,15H,10-11,13H2,1-9H3;7,10,19H,5-6,8H2,1-4H3;6H,4-5H2,1-3H3;4H,3H2,1-2H3,(H,7,9);2H,1H3,(H,6,10)(H,8,9);1-2,6-7H,(H2,5,8)(H,9,10);1H3,(H3,3,4,5)/t;;;;;1-,2-;/m.....0./s1. The summed E-state index contributed by atoms with van der Waals surface area (Å²) >= 11 is 3.12. The highest BCUT2D eigenvalue weighted by atomic mass is 79.9. The van der Waals surface area contributed by atoms with Gasteiger partial charge in [-0.2, -0.15) is 14.7 Å². The molecule has 12 amide bonds. The first-order chi connectivity index (χ1) is 47.9. The van der Waals surface area contributed by atoms with Crippen molar-refractivity contribution in [2.45, 2.75) is 212 Å². The van der Waals surface area contributed by atoms with E-state index in [1.165, 1.54) is 41.0 Å². The second-order valence-corrected chi connectivity index (χ2v) is 33.7. The van der Waals surface area contributed by atoms with Crippen molar-refractivity contribution in [1.29, 1.82) is 0 Å². The van der Waals surface area contributed by atoms with E-state index in [9.17, 15) is 86.6 Å². The number of hydrogen-bond acceptors (Lipinski definition) is 24. The molecule has 12 N–H and O–H groups in total. The molecule has 3 unspecified atom stereocenters. The van der Waals surface area contributed by atoms with Crippen molar-refractivity contribution in [3.05, 3.63) is 89.5 Å². The fourth-order valence-corrected chi connectivity index (χ4v) is 9.81. The van der Waals surface area contributed by atoms with Gasteiger partial charge in [-0.1, -0.05) is 43.6 Å².